The average molecular weight is 352 g/mol. The quantitative estimate of drug-likeness (QED) is 0.856. The van der Waals surface area contributed by atoms with Crippen molar-refractivity contribution >= 4 is 23.4 Å². The van der Waals surface area contributed by atoms with Crippen LogP contribution in [0.4, 0.5) is 10.2 Å². The molecule has 1 N–H and O–H groups in total. The van der Waals surface area contributed by atoms with Gasteiger partial charge in [-0.25, -0.2) is 4.39 Å². The largest absolute Gasteiger partial charge is 0.508 e. The van der Waals surface area contributed by atoms with Gasteiger partial charge in [0.15, 0.2) is 11.0 Å². The van der Waals surface area contributed by atoms with Gasteiger partial charge in [-0.2, -0.15) is 0 Å². The zero-order valence-electron chi connectivity index (χ0n) is 12.8. The molecule has 1 aromatic heterocycles. The first-order valence-corrected chi connectivity index (χ1v) is 7.68. The average Bonchev–Trinajstić information content (AvgIpc) is 2.99. The van der Waals surface area contributed by atoms with E-state index in [0.717, 1.165) is 6.07 Å². The number of hydrogen-bond donors (Lipinski definition) is 1. The minimum atomic E-state index is -0.557. The number of phenols is 1. The molecule has 1 fully saturated rings. The first kappa shape index (κ1) is 16.4. The van der Waals surface area contributed by atoms with Crippen LogP contribution < -0.4 is 4.90 Å². The number of halogens is 2. The van der Waals surface area contributed by atoms with Gasteiger partial charge in [-0.1, -0.05) is 17.7 Å². The number of esters is 1. The minimum absolute atomic E-state index is 0.163. The first-order chi connectivity index (χ1) is 11.5. The van der Waals surface area contributed by atoms with Crippen LogP contribution in [0.1, 0.15) is 11.5 Å². The van der Waals surface area contributed by atoms with Crippen molar-refractivity contribution in [3.05, 3.63) is 46.9 Å². The zero-order chi connectivity index (χ0) is 17.3. The van der Waals surface area contributed by atoms with Gasteiger partial charge < -0.3 is 14.7 Å². The molecular weight excluding hydrogens is 337 g/mol. The van der Waals surface area contributed by atoms with Crippen molar-refractivity contribution < 1.29 is 19.0 Å². The number of methoxy groups -OCH3 is 1. The van der Waals surface area contributed by atoms with Crippen molar-refractivity contribution in [3.8, 4) is 5.75 Å². The second-order valence-corrected chi connectivity index (χ2v) is 5.95. The SMILES string of the molecule is COC(=O)C1CN(c2ccc(Cl)nn2)C[C@H]1c1ccc(O)cc1F. The van der Waals surface area contributed by atoms with Crippen LogP contribution in [0.15, 0.2) is 30.3 Å². The van der Waals surface area contributed by atoms with Crippen LogP contribution >= 0.6 is 11.6 Å². The van der Waals surface area contributed by atoms with Crippen LogP contribution in [-0.2, 0) is 9.53 Å². The molecule has 126 valence electrons. The summed E-state index contributed by atoms with van der Waals surface area (Å²) >= 11 is 5.74. The van der Waals surface area contributed by atoms with Gasteiger partial charge in [0.1, 0.15) is 11.6 Å². The number of carbonyl (C=O) groups excluding carboxylic acids is 1. The number of aromatic nitrogens is 2. The van der Waals surface area contributed by atoms with Crippen molar-refractivity contribution in [1.29, 1.82) is 0 Å². The van der Waals surface area contributed by atoms with Gasteiger partial charge >= 0.3 is 5.97 Å². The number of aromatic hydroxyl groups is 1. The van der Waals surface area contributed by atoms with E-state index in [4.69, 9.17) is 16.3 Å². The van der Waals surface area contributed by atoms with Crippen LogP contribution in [0.5, 0.6) is 5.75 Å². The minimum Gasteiger partial charge on any atom is -0.508 e. The summed E-state index contributed by atoms with van der Waals surface area (Å²) in [6, 6.07) is 7.22. The van der Waals surface area contributed by atoms with E-state index in [1.807, 2.05) is 4.90 Å². The highest BCUT2D eigenvalue weighted by molar-refractivity contribution is 6.29. The summed E-state index contributed by atoms with van der Waals surface area (Å²) in [4.78, 5) is 14.0. The number of anilines is 1. The predicted octanol–water partition coefficient (Wildman–Crippen LogP) is 2.37. The number of carbonyl (C=O) groups is 1. The Morgan fingerprint density at radius 3 is 2.75 bits per heavy atom. The highest BCUT2D eigenvalue weighted by Crippen LogP contribution is 2.37. The Morgan fingerprint density at radius 1 is 1.33 bits per heavy atom. The van der Waals surface area contributed by atoms with E-state index in [2.05, 4.69) is 10.2 Å². The molecule has 2 heterocycles. The lowest BCUT2D eigenvalue weighted by molar-refractivity contribution is -0.145. The fourth-order valence-corrected chi connectivity index (χ4v) is 3.09. The molecule has 1 aliphatic rings. The molecule has 1 unspecified atom stereocenters. The molecule has 2 aromatic rings. The van der Waals surface area contributed by atoms with E-state index < -0.39 is 23.6 Å². The van der Waals surface area contributed by atoms with E-state index in [1.165, 1.54) is 19.2 Å². The van der Waals surface area contributed by atoms with Crippen molar-refractivity contribution in [2.75, 3.05) is 25.1 Å². The molecule has 2 atom stereocenters. The summed E-state index contributed by atoms with van der Waals surface area (Å²) in [7, 11) is 1.30. The van der Waals surface area contributed by atoms with Gasteiger partial charge in [0.25, 0.3) is 0 Å². The van der Waals surface area contributed by atoms with E-state index in [1.54, 1.807) is 12.1 Å². The fourth-order valence-electron chi connectivity index (χ4n) is 2.99. The Morgan fingerprint density at radius 2 is 2.12 bits per heavy atom. The van der Waals surface area contributed by atoms with Crippen LogP contribution in [-0.4, -0.2) is 41.5 Å². The molecule has 8 heteroatoms. The summed E-state index contributed by atoms with van der Waals surface area (Å²) in [5.74, 6) is -1.56. The molecule has 1 saturated heterocycles. The number of phenolic OH excluding ortho intramolecular Hbond substituents is 1. The third kappa shape index (κ3) is 3.12. The Bertz CT molecular complexity index is 757. The highest BCUT2D eigenvalue weighted by Gasteiger charge is 2.41. The number of nitrogens with zero attached hydrogens (tertiary/aromatic N) is 3. The second-order valence-electron chi connectivity index (χ2n) is 5.56. The van der Waals surface area contributed by atoms with Crippen LogP contribution in [0.25, 0.3) is 0 Å². The summed E-state index contributed by atoms with van der Waals surface area (Å²) < 4.78 is 19.1. The fraction of sp³-hybridized carbons (Fsp3) is 0.312. The Hall–Kier alpha value is -2.41. The van der Waals surface area contributed by atoms with Gasteiger partial charge in [-0.05, 0) is 23.8 Å². The van der Waals surface area contributed by atoms with Gasteiger partial charge in [-0.3, -0.25) is 4.79 Å². The molecule has 3 rings (SSSR count). The number of rotatable bonds is 3. The molecule has 24 heavy (non-hydrogen) atoms. The standard InChI is InChI=1S/C16H15ClFN3O3/c1-24-16(23)12-8-21(15-5-4-14(17)19-20-15)7-11(12)10-3-2-9(22)6-13(10)18/h2-6,11-12,22H,7-8H2,1H3/t11-,12?/m0/s1. The van der Waals surface area contributed by atoms with Crippen molar-refractivity contribution in [2.24, 2.45) is 5.92 Å². The topological polar surface area (TPSA) is 75.5 Å². The lowest BCUT2D eigenvalue weighted by atomic mass is 9.88. The number of hydrogen-bond acceptors (Lipinski definition) is 6. The predicted molar refractivity (Wildman–Crippen MR) is 85.6 cm³/mol. The van der Waals surface area contributed by atoms with E-state index in [9.17, 15) is 14.3 Å². The zero-order valence-corrected chi connectivity index (χ0v) is 13.6. The molecule has 1 aromatic carbocycles. The lowest BCUT2D eigenvalue weighted by Crippen LogP contribution is -2.25. The van der Waals surface area contributed by atoms with Crippen molar-refractivity contribution in [1.82, 2.24) is 10.2 Å². The van der Waals surface area contributed by atoms with Crippen LogP contribution in [0, 0.1) is 11.7 Å². The summed E-state index contributed by atoms with van der Waals surface area (Å²) in [5, 5.41) is 17.4. The summed E-state index contributed by atoms with van der Waals surface area (Å²) in [6.07, 6.45) is 0. The molecule has 0 aliphatic carbocycles. The summed E-state index contributed by atoms with van der Waals surface area (Å²) in [5.41, 5.74) is 0.354. The maximum atomic E-state index is 14.2. The summed E-state index contributed by atoms with van der Waals surface area (Å²) in [6.45, 7) is 0.700. The van der Waals surface area contributed by atoms with E-state index in [0.29, 0.717) is 24.5 Å². The first-order valence-electron chi connectivity index (χ1n) is 7.30. The molecular formula is C16H15ClFN3O3. The van der Waals surface area contributed by atoms with Gasteiger partial charge in [-0.15, -0.1) is 10.2 Å². The second kappa shape index (κ2) is 6.60. The van der Waals surface area contributed by atoms with Crippen molar-refractivity contribution in [3.63, 3.8) is 0 Å². The van der Waals surface area contributed by atoms with Gasteiger partial charge in [0, 0.05) is 25.1 Å². The number of benzene rings is 1. The third-order valence-electron chi connectivity index (χ3n) is 4.15. The van der Waals surface area contributed by atoms with Crippen LogP contribution in [0.3, 0.4) is 0 Å². The maximum absolute atomic E-state index is 14.2. The Labute approximate surface area is 142 Å². The highest BCUT2D eigenvalue weighted by atomic mass is 35.5. The molecule has 0 amide bonds. The monoisotopic (exact) mass is 351 g/mol. The molecule has 6 nitrogen and oxygen atoms in total. The van der Waals surface area contributed by atoms with Gasteiger partial charge in [0.05, 0.1) is 13.0 Å². The Kier molecular flexibility index (Phi) is 4.53. The third-order valence-corrected chi connectivity index (χ3v) is 4.35. The normalized spacial score (nSPS) is 20.2. The van der Waals surface area contributed by atoms with Gasteiger partial charge in [0.2, 0.25) is 0 Å². The van der Waals surface area contributed by atoms with E-state index in [-0.39, 0.29) is 10.9 Å². The molecule has 0 spiro atoms. The van der Waals surface area contributed by atoms with Crippen molar-refractivity contribution in [2.45, 2.75) is 5.92 Å². The molecule has 0 saturated carbocycles. The van der Waals surface area contributed by atoms with E-state index >= 15 is 0 Å². The molecule has 1 aliphatic heterocycles. The van der Waals surface area contributed by atoms with Crippen LogP contribution in [0.2, 0.25) is 5.15 Å². The Balaban J connectivity index is 1.93. The number of ether oxygens (including phenoxy) is 1. The maximum Gasteiger partial charge on any atom is 0.311 e. The smallest absolute Gasteiger partial charge is 0.311 e. The molecule has 0 radical (unpaired) electrons. The molecule has 0 bridgehead atoms. The lowest BCUT2D eigenvalue weighted by Gasteiger charge is -2.17.